The molecule has 0 spiro atoms. The number of nitro benzene ring substituents is 1. The zero-order valence-electron chi connectivity index (χ0n) is 11.0. The van der Waals surface area contributed by atoms with Crippen LogP contribution in [0.4, 0.5) is 5.69 Å². The number of carboxylic acids is 1. The number of piperidine rings is 1. The summed E-state index contributed by atoms with van der Waals surface area (Å²) in [5.74, 6) is -2.06. The lowest BCUT2D eigenvalue weighted by Gasteiger charge is -2.30. The highest BCUT2D eigenvalue weighted by Crippen LogP contribution is 2.26. The van der Waals surface area contributed by atoms with E-state index in [1.54, 1.807) is 6.07 Å². The summed E-state index contributed by atoms with van der Waals surface area (Å²) in [7, 11) is 0. The molecule has 8 heteroatoms. The van der Waals surface area contributed by atoms with E-state index in [0.717, 1.165) is 0 Å². The van der Waals surface area contributed by atoms with E-state index in [-0.39, 0.29) is 17.8 Å². The molecule has 0 bridgehead atoms. The maximum atomic E-state index is 12.4. The monoisotopic (exact) mass is 356 g/mol. The number of benzene rings is 1. The van der Waals surface area contributed by atoms with Crippen molar-refractivity contribution in [2.45, 2.75) is 12.8 Å². The minimum Gasteiger partial charge on any atom is -0.481 e. The molecule has 1 aliphatic heterocycles. The smallest absolute Gasteiger partial charge is 0.308 e. The zero-order valence-corrected chi connectivity index (χ0v) is 12.6. The number of carboxylic acid groups (broad SMARTS) is 1. The van der Waals surface area contributed by atoms with Gasteiger partial charge in [0.2, 0.25) is 0 Å². The van der Waals surface area contributed by atoms with Crippen LogP contribution in [0.15, 0.2) is 22.7 Å². The topological polar surface area (TPSA) is 101 Å². The normalized spacial score (nSPS) is 18.3. The molecule has 1 aromatic rings. The van der Waals surface area contributed by atoms with Gasteiger partial charge in [0.25, 0.3) is 11.6 Å². The Balaban J connectivity index is 2.28. The molecular weight excluding hydrogens is 344 g/mol. The number of hydrogen-bond acceptors (Lipinski definition) is 4. The Morgan fingerprint density at radius 1 is 1.43 bits per heavy atom. The first-order chi connectivity index (χ1) is 9.90. The number of amides is 1. The van der Waals surface area contributed by atoms with E-state index in [0.29, 0.717) is 23.9 Å². The van der Waals surface area contributed by atoms with Crippen molar-refractivity contribution in [2.24, 2.45) is 5.92 Å². The first kappa shape index (κ1) is 15.4. The summed E-state index contributed by atoms with van der Waals surface area (Å²) in [6, 6.07) is 4.21. The van der Waals surface area contributed by atoms with Gasteiger partial charge < -0.3 is 10.0 Å². The van der Waals surface area contributed by atoms with Crippen molar-refractivity contribution in [3.8, 4) is 0 Å². The Bertz CT molecular complexity index is 604. The Morgan fingerprint density at radius 3 is 2.76 bits per heavy atom. The predicted molar refractivity (Wildman–Crippen MR) is 77.1 cm³/mol. The summed E-state index contributed by atoms with van der Waals surface area (Å²) in [6.45, 7) is 0.497. The number of hydrogen-bond donors (Lipinski definition) is 1. The molecule has 2 rings (SSSR count). The molecule has 1 saturated heterocycles. The van der Waals surface area contributed by atoms with Crippen molar-refractivity contribution in [2.75, 3.05) is 13.1 Å². The van der Waals surface area contributed by atoms with Crippen LogP contribution in [0.5, 0.6) is 0 Å². The lowest BCUT2D eigenvalue weighted by Crippen LogP contribution is -2.42. The van der Waals surface area contributed by atoms with Crippen LogP contribution in [0, 0.1) is 16.0 Å². The largest absolute Gasteiger partial charge is 0.481 e. The summed E-state index contributed by atoms with van der Waals surface area (Å²) >= 11 is 3.13. The highest BCUT2D eigenvalue weighted by molar-refractivity contribution is 9.10. The quantitative estimate of drug-likeness (QED) is 0.661. The van der Waals surface area contributed by atoms with E-state index in [1.165, 1.54) is 17.0 Å². The van der Waals surface area contributed by atoms with Crippen LogP contribution in [0.3, 0.4) is 0 Å². The molecule has 1 amide bonds. The number of halogens is 1. The molecule has 1 atom stereocenters. The molecule has 0 aliphatic carbocycles. The minimum atomic E-state index is -0.946. The third-order valence-electron chi connectivity index (χ3n) is 3.44. The van der Waals surface area contributed by atoms with E-state index in [2.05, 4.69) is 15.9 Å². The van der Waals surface area contributed by atoms with E-state index < -0.39 is 22.7 Å². The zero-order chi connectivity index (χ0) is 15.6. The molecule has 112 valence electrons. The van der Waals surface area contributed by atoms with Gasteiger partial charge in [-0.1, -0.05) is 15.9 Å². The van der Waals surface area contributed by atoms with Crippen molar-refractivity contribution in [3.63, 3.8) is 0 Å². The van der Waals surface area contributed by atoms with Gasteiger partial charge >= 0.3 is 5.97 Å². The Morgan fingerprint density at radius 2 is 2.14 bits per heavy atom. The second-order valence-electron chi connectivity index (χ2n) is 4.85. The fourth-order valence-corrected chi connectivity index (χ4v) is 2.72. The average molecular weight is 357 g/mol. The van der Waals surface area contributed by atoms with Gasteiger partial charge in [-0.05, 0) is 25.0 Å². The highest BCUT2D eigenvalue weighted by Gasteiger charge is 2.31. The molecule has 1 unspecified atom stereocenters. The average Bonchev–Trinajstić information content (AvgIpc) is 2.46. The van der Waals surface area contributed by atoms with Gasteiger partial charge in [-0.15, -0.1) is 0 Å². The Kier molecular flexibility index (Phi) is 4.56. The number of rotatable bonds is 3. The maximum absolute atomic E-state index is 12.4. The molecular formula is C13H13BrN2O5. The highest BCUT2D eigenvalue weighted by atomic mass is 79.9. The van der Waals surface area contributed by atoms with Gasteiger partial charge in [-0.3, -0.25) is 19.7 Å². The fraction of sp³-hybridized carbons (Fsp3) is 0.385. The summed E-state index contributed by atoms with van der Waals surface area (Å²) < 4.78 is 0.507. The summed E-state index contributed by atoms with van der Waals surface area (Å²) in [5.41, 5.74) is -0.305. The van der Waals surface area contributed by atoms with Crippen molar-refractivity contribution in [1.29, 1.82) is 0 Å². The van der Waals surface area contributed by atoms with Gasteiger partial charge in [0.1, 0.15) is 5.56 Å². The summed E-state index contributed by atoms with van der Waals surface area (Å²) in [5, 5.41) is 20.1. The minimum absolute atomic E-state index is 0.0192. The van der Waals surface area contributed by atoms with Crippen LogP contribution in [0.2, 0.25) is 0 Å². The summed E-state index contributed by atoms with van der Waals surface area (Å²) in [6.07, 6.45) is 1.09. The van der Waals surface area contributed by atoms with E-state index in [9.17, 15) is 19.7 Å². The van der Waals surface area contributed by atoms with Gasteiger partial charge in [-0.2, -0.15) is 0 Å². The Labute approximate surface area is 128 Å². The van der Waals surface area contributed by atoms with Crippen molar-refractivity contribution in [1.82, 2.24) is 4.90 Å². The molecule has 7 nitrogen and oxygen atoms in total. The second kappa shape index (κ2) is 6.21. The van der Waals surface area contributed by atoms with Crippen LogP contribution in [-0.2, 0) is 4.79 Å². The molecule has 0 saturated carbocycles. The molecule has 1 aliphatic rings. The lowest BCUT2D eigenvalue weighted by molar-refractivity contribution is -0.385. The van der Waals surface area contributed by atoms with Crippen LogP contribution in [0.1, 0.15) is 23.2 Å². The molecule has 1 aromatic carbocycles. The summed E-state index contributed by atoms with van der Waals surface area (Å²) in [4.78, 5) is 35.3. The number of aliphatic carboxylic acids is 1. The number of nitro groups is 1. The lowest BCUT2D eigenvalue weighted by atomic mass is 9.97. The van der Waals surface area contributed by atoms with Crippen molar-refractivity contribution < 1.29 is 19.6 Å². The van der Waals surface area contributed by atoms with E-state index in [1.807, 2.05) is 0 Å². The van der Waals surface area contributed by atoms with Crippen LogP contribution in [0.25, 0.3) is 0 Å². The molecule has 1 fully saturated rings. The van der Waals surface area contributed by atoms with Crippen molar-refractivity contribution >= 4 is 33.5 Å². The standard InChI is InChI=1S/C13H13BrN2O5/c14-9-3-4-10(11(6-9)16(20)21)12(17)15-5-1-2-8(7-15)13(18)19/h3-4,6,8H,1-2,5,7H2,(H,18,19). The first-order valence-corrected chi connectivity index (χ1v) is 7.15. The van der Waals surface area contributed by atoms with E-state index >= 15 is 0 Å². The SMILES string of the molecule is O=C(O)C1CCCN(C(=O)c2ccc(Br)cc2[N+](=O)[O-])C1. The van der Waals surface area contributed by atoms with Gasteiger partial charge in [0.15, 0.2) is 0 Å². The van der Waals surface area contributed by atoms with Crippen LogP contribution in [-0.4, -0.2) is 39.9 Å². The molecule has 21 heavy (non-hydrogen) atoms. The van der Waals surface area contributed by atoms with Gasteiger partial charge in [-0.25, -0.2) is 0 Å². The van der Waals surface area contributed by atoms with Gasteiger partial charge in [0.05, 0.1) is 10.8 Å². The van der Waals surface area contributed by atoms with Crippen LogP contribution >= 0.6 is 15.9 Å². The molecule has 1 heterocycles. The predicted octanol–water partition coefficient (Wildman–Crippen LogP) is 2.29. The third kappa shape index (κ3) is 3.38. The van der Waals surface area contributed by atoms with E-state index in [4.69, 9.17) is 5.11 Å². The van der Waals surface area contributed by atoms with Crippen molar-refractivity contribution in [3.05, 3.63) is 38.3 Å². The maximum Gasteiger partial charge on any atom is 0.308 e. The Hall–Kier alpha value is -1.96. The van der Waals surface area contributed by atoms with Crippen LogP contribution < -0.4 is 0 Å². The second-order valence-corrected chi connectivity index (χ2v) is 5.76. The number of nitrogens with zero attached hydrogens (tertiary/aromatic N) is 2. The number of likely N-dealkylation sites (tertiary alicyclic amines) is 1. The fourth-order valence-electron chi connectivity index (χ4n) is 2.37. The van der Waals surface area contributed by atoms with Gasteiger partial charge in [0, 0.05) is 23.6 Å². The first-order valence-electron chi connectivity index (χ1n) is 6.36. The number of carbonyl (C=O) groups excluding carboxylic acids is 1. The molecule has 1 N–H and O–H groups in total. The third-order valence-corrected chi connectivity index (χ3v) is 3.94. The number of carbonyl (C=O) groups is 2. The molecule has 0 aromatic heterocycles. The molecule has 0 radical (unpaired) electrons.